The maximum atomic E-state index is 13.6. The summed E-state index contributed by atoms with van der Waals surface area (Å²) in [7, 11) is 0. The van der Waals surface area contributed by atoms with Crippen molar-refractivity contribution in [2.45, 2.75) is 31.2 Å². The Balaban J connectivity index is 1.20. The summed E-state index contributed by atoms with van der Waals surface area (Å²) in [6.07, 6.45) is -6.40. The van der Waals surface area contributed by atoms with Gasteiger partial charge in [-0.1, -0.05) is 6.07 Å². The minimum Gasteiger partial charge on any atom is -0.491 e. The van der Waals surface area contributed by atoms with Crippen LogP contribution in [0.1, 0.15) is 34.3 Å². The monoisotopic (exact) mass is 596 g/mol. The number of hydrogen-bond acceptors (Lipinski definition) is 7. The molecule has 224 valence electrons. The van der Waals surface area contributed by atoms with Crippen molar-refractivity contribution in [2.24, 2.45) is 0 Å². The van der Waals surface area contributed by atoms with E-state index in [2.05, 4.69) is 10.1 Å². The number of pyridine rings is 1. The zero-order chi connectivity index (χ0) is 30.1. The van der Waals surface area contributed by atoms with Crippen LogP contribution in [0.5, 0.6) is 5.75 Å². The summed E-state index contributed by atoms with van der Waals surface area (Å²) >= 11 is 0. The van der Waals surface area contributed by atoms with Crippen molar-refractivity contribution in [3.63, 3.8) is 0 Å². The van der Waals surface area contributed by atoms with Gasteiger partial charge in [0.25, 0.3) is 11.5 Å². The highest BCUT2D eigenvalue weighted by Gasteiger charge is 2.41. The van der Waals surface area contributed by atoms with Gasteiger partial charge in [-0.3, -0.25) is 9.59 Å². The molecule has 1 N–H and O–H groups in total. The molecule has 3 aromatic rings. The van der Waals surface area contributed by atoms with E-state index in [0.717, 1.165) is 18.5 Å². The molecule has 1 amide bonds. The molecule has 0 saturated carbocycles. The van der Waals surface area contributed by atoms with Gasteiger partial charge in [-0.15, -0.1) is 0 Å². The molecule has 2 fully saturated rings. The normalized spacial score (nSPS) is 18.0. The fraction of sp³-hybridized carbons (Fsp3) is 0.407. The summed E-state index contributed by atoms with van der Waals surface area (Å²) in [5.41, 5.74) is -3.39. The lowest BCUT2D eigenvalue weighted by Crippen LogP contribution is -2.49. The molecular formula is C27H26F6N6O3. The third-order valence-corrected chi connectivity index (χ3v) is 7.30. The van der Waals surface area contributed by atoms with Crippen LogP contribution in [-0.4, -0.2) is 71.4 Å². The molecule has 0 radical (unpaired) electrons. The number of aromatic nitrogens is 3. The topological polar surface area (TPSA) is 94.7 Å². The Kier molecular flexibility index (Phi) is 8.01. The first kappa shape index (κ1) is 29.2. The summed E-state index contributed by atoms with van der Waals surface area (Å²) < 4.78 is 85.1. The number of amides is 1. The quantitative estimate of drug-likeness (QED) is 0.426. The largest absolute Gasteiger partial charge is 0.491 e. The molecule has 42 heavy (non-hydrogen) atoms. The fourth-order valence-electron chi connectivity index (χ4n) is 5.18. The zero-order valence-corrected chi connectivity index (χ0v) is 22.1. The predicted octanol–water partition coefficient (Wildman–Crippen LogP) is 4.21. The minimum absolute atomic E-state index is 0.0283. The summed E-state index contributed by atoms with van der Waals surface area (Å²) in [6.45, 7) is 1.75. The lowest BCUT2D eigenvalue weighted by molar-refractivity contribution is -0.139. The van der Waals surface area contributed by atoms with Gasteiger partial charge >= 0.3 is 12.4 Å². The van der Waals surface area contributed by atoms with Crippen LogP contribution in [0.15, 0.2) is 53.6 Å². The molecule has 9 nitrogen and oxygen atoms in total. The number of benzene rings is 1. The number of nitrogens with zero attached hydrogens (tertiary/aromatic N) is 5. The van der Waals surface area contributed by atoms with Gasteiger partial charge in [0.2, 0.25) is 0 Å². The SMILES string of the molecule is O=C(c1cccc(OCC2CCCN2c2cn[nH]c(=O)c2C(F)(F)F)c1)N1CCN(c2ccc(C(F)(F)F)cn2)CC1. The van der Waals surface area contributed by atoms with E-state index < -0.39 is 35.1 Å². The van der Waals surface area contributed by atoms with E-state index in [1.807, 2.05) is 5.10 Å². The minimum atomic E-state index is -4.85. The van der Waals surface area contributed by atoms with Crippen molar-refractivity contribution in [1.29, 1.82) is 0 Å². The number of piperazine rings is 1. The molecular weight excluding hydrogens is 570 g/mol. The number of anilines is 2. The van der Waals surface area contributed by atoms with E-state index in [1.165, 1.54) is 11.0 Å². The van der Waals surface area contributed by atoms with Crippen molar-refractivity contribution < 1.29 is 35.9 Å². The lowest BCUT2D eigenvalue weighted by Gasteiger charge is -2.35. The molecule has 1 unspecified atom stereocenters. The van der Waals surface area contributed by atoms with Crippen molar-refractivity contribution >= 4 is 17.4 Å². The summed E-state index contributed by atoms with van der Waals surface area (Å²) in [5, 5.41) is 5.40. The summed E-state index contributed by atoms with van der Waals surface area (Å²) in [6, 6.07) is 8.30. The van der Waals surface area contributed by atoms with Gasteiger partial charge in [0.15, 0.2) is 0 Å². The number of H-pyrrole nitrogens is 1. The standard InChI is InChI=1S/C27H26F6N6O3/c28-26(29,30)18-6-7-22(34-14-18)37-9-11-38(12-10-37)25(41)17-3-1-5-20(13-17)42-16-19-4-2-8-39(19)21-15-35-36-24(40)23(21)27(31,32)33/h1,3,5-7,13-15,19H,2,4,8-12,16H2,(H,36,40). The zero-order valence-electron chi connectivity index (χ0n) is 22.1. The van der Waals surface area contributed by atoms with Gasteiger partial charge in [0.05, 0.1) is 23.5 Å². The molecule has 1 atom stereocenters. The van der Waals surface area contributed by atoms with Crippen LogP contribution in [0, 0.1) is 0 Å². The Morgan fingerprint density at radius 1 is 0.976 bits per heavy atom. The average Bonchev–Trinajstić information content (AvgIpc) is 3.43. The van der Waals surface area contributed by atoms with Crippen LogP contribution >= 0.6 is 0 Å². The number of ether oxygens (including phenoxy) is 1. The summed E-state index contributed by atoms with van der Waals surface area (Å²) in [5.74, 6) is 0.498. The molecule has 0 aliphatic carbocycles. The average molecular weight is 597 g/mol. The Morgan fingerprint density at radius 3 is 2.40 bits per heavy atom. The van der Waals surface area contributed by atoms with Crippen molar-refractivity contribution in [3.05, 3.63) is 75.8 Å². The van der Waals surface area contributed by atoms with E-state index in [1.54, 1.807) is 34.1 Å². The number of carbonyl (C=O) groups excluding carboxylic acids is 1. The molecule has 0 bridgehead atoms. The van der Waals surface area contributed by atoms with Crippen LogP contribution in [0.25, 0.3) is 0 Å². The highest BCUT2D eigenvalue weighted by Crippen LogP contribution is 2.36. The molecule has 15 heteroatoms. The Bertz CT molecular complexity index is 1470. The van der Waals surface area contributed by atoms with Crippen LogP contribution in [0.3, 0.4) is 0 Å². The maximum Gasteiger partial charge on any atom is 0.423 e. The van der Waals surface area contributed by atoms with Crippen LogP contribution in [0.4, 0.5) is 37.8 Å². The molecule has 2 aliphatic heterocycles. The van der Waals surface area contributed by atoms with Gasteiger partial charge in [-0.05, 0) is 43.2 Å². The van der Waals surface area contributed by atoms with Crippen molar-refractivity contribution in [3.8, 4) is 5.75 Å². The predicted molar refractivity (Wildman–Crippen MR) is 140 cm³/mol. The number of halogens is 6. The van der Waals surface area contributed by atoms with Gasteiger partial charge < -0.3 is 19.4 Å². The first-order valence-electron chi connectivity index (χ1n) is 13.1. The number of aromatic amines is 1. The van der Waals surface area contributed by atoms with E-state index >= 15 is 0 Å². The highest BCUT2D eigenvalue weighted by molar-refractivity contribution is 5.94. The number of carbonyl (C=O) groups is 1. The van der Waals surface area contributed by atoms with Gasteiger partial charge in [0.1, 0.15) is 23.7 Å². The first-order chi connectivity index (χ1) is 19.9. The Labute approximate surface area is 235 Å². The van der Waals surface area contributed by atoms with E-state index in [9.17, 15) is 35.9 Å². The molecule has 2 saturated heterocycles. The van der Waals surface area contributed by atoms with Crippen molar-refractivity contribution in [1.82, 2.24) is 20.1 Å². The van der Waals surface area contributed by atoms with E-state index in [0.29, 0.717) is 62.7 Å². The molecule has 0 spiro atoms. The number of nitrogens with one attached hydrogen (secondary N) is 1. The molecule has 2 aromatic heterocycles. The number of rotatable bonds is 6. The van der Waals surface area contributed by atoms with Crippen LogP contribution in [-0.2, 0) is 12.4 Å². The second-order valence-electron chi connectivity index (χ2n) is 9.97. The second kappa shape index (κ2) is 11.5. The first-order valence-corrected chi connectivity index (χ1v) is 13.1. The molecule has 4 heterocycles. The lowest BCUT2D eigenvalue weighted by atomic mass is 10.1. The second-order valence-corrected chi connectivity index (χ2v) is 9.97. The third kappa shape index (κ3) is 6.29. The van der Waals surface area contributed by atoms with Gasteiger partial charge in [-0.2, -0.15) is 31.4 Å². The van der Waals surface area contributed by atoms with Crippen LogP contribution < -0.4 is 20.1 Å². The van der Waals surface area contributed by atoms with Crippen LogP contribution in [0.2, 0.25) is 0 Å². The molecule has 5 rings (SSSR count). The Morgan fingerprint density at radius 2 is 1.74 bits per heavy atom. The highest BCUT2D eigenvalue weighted by atomic mass is 19.4. The third-order valence-electron chi connectivity index (χ3n) is 7.30. The number of hydrogen-bond donors (Lipinski definition) is 1. The number of alkyl halides is 6. The van der Waals surface area contributed by atoms with Gasteiger partial charge in [0, 0.05) is 44.5 Å². The molecule has 1 aromatic carbocycles. The van der Waals surface area contributed by atoms with E-state index in [-0.39, 0.29) is 18.2 Å². The van der Waals surface area contributed by atoms with Gasteiger partial charge in [-0.25, -0.2) is 10.1 Å². The summed E-state index contributed by atoms with van der Waals surface area (Å²) in [4.78, 5) is 33.9. The molecule has 2 aliphatic rings. The maximum absolute atomic E-state index is 13.6. The fourth-order valence-corrected chi connectivity index (χ4v) is 5.18. The smallest absolute Gasteiger partial charge is 0.423 e. The van der Waals surface area contributed by atoms with Crippen molar-refractivity contribution in [2.75, 3.05) is 49.1 Å². The Hall–Kier alpha value is -4.30. The van der Waals surface area contributed by atoms with E-state index in [4.69, 9.17) is 4.74 Å².